The molecule has 2 unspecified atom stereocenters. The van der Waals surface area contributed by atoms with Gasteiger partial charge >= 0.3 is 0 Å². The maximum atomic E-state index is 12.5. The molecule has 1 amide bonds. The minimum atomic E-state index is -0.218. The SMILES string of the molecule is Cc1ccc(C#CCO)c(C(=O)NC(C)C2CCOC2)c1. The zero-order valence-corrected chi connectivity index (χ0v) is 12.5. The fourth-order valence-electron chi connectivity index (χ4n) is 2.44. The maximum Gasteiger partial charge on any atom is 0.252 e. The van der Waals surface area contributed by atoms with Crippen LogP contribution in [0.15, 0.2) is 18.2 Å². The molecule has 4 nitrogen and oxygen atoms in total. The number of benzene rings is 1. The quantitative estimate of drug-likeness (QED) is 0.828. The van der Waals surface area contributed by atoms with Gasteiger partial charge in [-0.2, -0.15) is 0 Å². The largest absolute Gasteiger partial charge is 0.384 e. The van der Waals surface area contributed by atoms with Crippen LogP contribution in [0.4, 0.5) is 0 Å². The molecular weight excluding hydrogens is 266 g/mol. The van der Waals surface area contributed by atoms with E-state index >= 15 is 0 Å². The molecule has 21 heavy (non-hydrogen) atoms. The molecule has 4 heteroatoms. The van der Waals surface area contributed by atoms with Crippen LogP contribution in [0.3, 0.4) is 0 Å². The molecule has 0 saturated carbocycles. The van der Waals surface area contributed by atoms with E-state index in [4.69, 9.17) is 9.84 Å². The van der Waals surface area contributed by atoms with Crippen molar-refractivity contribution in [2.75, 3.05) is 19.8 Å². The lowest BCUT2D eigenvalue weighted by Gasteiger charge is -2.19. The van der Waals surface area contributed by atoms with Crippen LogP contribution in [0.1, 0.15) is 34.8 Å². The van der Waals surface area contributed by atoms with Gasteiger partial charge in [0.2, 0.25) is 0 Å². The summed E-state index contributed by atoms with van der Waals surface area (Å²) >= 11 is 0. The van der Waals surface area contributed by atoms with Crippen LogP contribution < -0.4 is 5.32 Å². The van der Waals surface area contributed by atoms with Crippen molar-refractivity contribution in [3.05, 3.63) is 34.9 Å². The summed E-state index contributed by atoms with van der Waals surface area (Å²) < 4.78 is 5.36. The van der Waals surface area contributed by atoms with Crippen LogP contribution in [-0.4, -0.2) is 36.9 Å². The molecule has 0 radical (unpaired) electrons. The van der Waals surface area contributed by atoms with Crippen molar-refractivity contribution in [2.24, 2.45) is 5.92 Å². The molecule has 1 aliphatic rings. The van der Waals surface area contributed by atoms with Crippen molar-refractivity contribution >= 4 is 5.91 Å². The Labute approximate surface area is 125 Å². The molecular formula is C17H21NO3. The molecule has 112 valence electrons. The molecule has 0 aliphatic carbocycles. The third-order valence-electron chi connectivity index (χ3n) is 3.75. The van der Waals surface area contributed by atoms with E-state index < -0.39 is 0 Å². The fourth-order valence-corrected chi connectivity index (χ4v) is 2.44. The van der Waals surface area contributed by atoms with Crippen LogP contribution in [-0.2, 0) is 4.74 Å². The van der Waals surface area contributed by atoms with Crippen molar-refractivity contribution in [1.82, 2.24) is 5.32 Å². The predicted molar refractivity (Wildman–Crippen MR) is 81.0 cm³/mol. The average molecular weight is 287 g/mol. The smallest absolute Gasteiger partial charge is 0.252 e. The lowest BCUT2D eigenvalue weighted by molar-refractivity contribution is 0.0922. The number of nitrogens with one attached hydrogen (secondary N) is 1. The highest BCUT2D eigenvalue weighted by molar-refractivity contribution is 5.97. The van der Waals surface area contributed by atoms with Gasteiger partial charge in [0.15, 0.2) is 0 Å². The molecule has 2 N–H and O–H groups in total. The highest BCUT2D eigenvalue weighted by Crippen LogP contribution is 2.17. The first-order valence-corrected chi connectivity index (χ1v) is 7.21. The number of ether oxygens (including phenoxy) is 1. The Morgan fingerprint density at radius 1 is 1.57 bits per heavy atom. The second-order valence-electron chi connectivity index (χ2n) is 5.39. The molecule has 1 aromatic rings. The molecule has 0 aromatic heterocycles. The van der Waals surface area contributed by atoms with Gasteiger partial charge in [-0.1, -0.05) is 23.5 Å². The Bertz CT molecular complexity index is 565. The molecule has 0 spiro atoms. The molecule has 1 saturated heterocycles. The van der Waals surface area contributed by atoms with E-state index in [2.05, 4.69) is 17.2 Å². The summed E-state index contributed by atoms with van der Waals surface area (Å²) in [6.45, 7) is 5.19. The van der Waals surface area contributed by atoms with E-state index in [1.807, 2.05) is 32.0 Å². The number of aliphatic hydroxyl groups excluding tert-OH is 1. The fraction of sp³-hybridized carbons (Fsp3) is 0.471. The van der Waals surface area contributed by atoms with Gasteiger partial charge in [0.25, 0.3) is 5.91 Å². The van der Waals surface area contributed by atoms with Crippen LogP contribution in [0.25, 0.3) is 0 Å². The Kier molecular flexibility index (Phi) is 5.38. The van der Waals surface area contributed by atoms with Crippen molar-refractivity contribution < 1.29 is 14.6 Å². The van der Waals surface area contributed by atoms with E-state index in [0.717, 1.165) is 18.6 Å². The maximum absolute atomic E-state index is 12.5. The number of hydrogen-bond acceptors (Lipinski definition) is 3. The molecule has 2 atom stereocenters. The van der Waals surface area contributed by atoms with Crippen LogP contribution >= 0.6 is 0 Å². The Morgan fingerprint density at radius 3 is 3.05 bits per heavy atom. The predicted octanol–water partition coefficient (Wildman–Crippen LogP) is 1.49. The van der Waals surface area contributed by atoms with Gasteiger partial charge in [0.1, 0.15) is 6.61 Å². The van der Waals surface area contributed by atoms with Crippen molar-refractivity contribution in [2.45, 2.75) is 26.3 Å². The number of amides is 1. The number of aryl methyl sites for hydroxylation is 1. The van der Waals surface area contributed by atoms with Gasteiger partial charge in [-0.15, -0.1) is 0 Å². The zero-order valence-electron chi connectivity index (χ0n) is 12.5. The Hall–Kier alpha value is -1.83. The monoisotopic (exact) mass is 287 g/mol. The number of carbonyl (C=O) groups excluding carboxylic acids is 1. The van der Waals surface area contributed by atoms with E-state index in [-0.39, 0.29) is 18.6 Å². The van der Waals surface area contributed by atoms with Gasteiger partial charge in [0.05, 0.1) is 12.2 Å². The van der Waals surface area contributed by atoms with Gasteiger partial charge in [-0.05, 0) is 32.4 Å². The molecule has 2 rings (SSSR count). The average Bonchev–Trinajstić information content (AvgIpc) is 3.00. The van der Waals surface area contributed by atoms with E-state index in [1.54, 1.807) is 0 Å². The first-order chi connectivity index (χ1) is 10.1. The lowest BCUT2D eigenvalue weighted by atomic mass is 9.99. The summed E-state index contributed by atoms with van der Waals surface area (Å²) in [7, 11) is 0. The summed E-state index contributed by atoms with van der Waals surface area (Å²) in [6, 6.07) is 5.62. The topological polar surface area (TPSA) is 58.6 Å². The third kappa shape index (κ3) is 4.07. The van der Waals surface area contributed by atoms with Crippen LogP contribution in [0.5, 0.6) is 0 Å². The number of hydrogen-bond donors (Lipinski definition) is 2. The number of aliphatic hydroxyl groups is 1. The standard InChI is InChI=1S/C17H21NO3/c1-12-5-6-14(4-3-8-19)16(10-12)17(20)18-13(2)15-7-9-21-11-15/h5-6,10,13,15,19H,7-9,11H2,1-2H3,(H,18,20). The van der Waals surface area contributed by atoms with Gasteiger partial charge in [-0.3, -0.25) is 4.79 Å². The molecule has 1 fully saturated rings. The number of rotatable bonds is 3. The first-order valence-electron chi connectivity index (χ1n) is 7.21. The van der Waals surface area contributed by atoms with Crippen LogP contribution in [0, 0.1) is 24.7 Å². The summed E-state index contributed by atoms with van der Waals surface area (Å²) in [5, 5.41) is 11.8. The van der Waals surface area contributed by atoms with Crippen LogP contribution in [0.2, 0.25) is 0 Å². The summed E-state index contributed by atoms with van der Waals surface area (Å²) in [6.07, 6.45) is 0.979. The van der Waals surface area contributed by atoms with Crippen molar-refractivity contribution in [1.29, 1.82) is 0 Å². The third-order valence-corrected chi connectivity index (χ3v) is 3.75. The number of carbonyl (C=O) groups is 1. The lowest BCUT2D eigenvalue weighted by Crippen LogP contribution is -2.38. The Balaban J connectivity index is 2.15. The highest BCUT2D eigenvalue weighted by atomic mass is 16.5. The van der Waals surface area contributed by atoms with Crippen molar-refractivity contribution in [3.63, 3.8) is 0 Å². The van der Waals surface area contributed by atoms with Crippen molar-refractivity contribution in [3.8, 4) is 11.8 Å². The molecule has 0 bridgehead atoms. The summed E-state index contributed by atoms with van der Waals surface area (Å²) in [5.74, 6) is 5.66. The molecule has 1 aromatic carbocycles. The second kappa shape index (κ2) is 7.26. The van der Waals surface area contributed by atoms with E-state index in [0.29, 0.717) is 23.7 Å². The molecule has 1 aliphatic heterocycles. The van der Waals surface area contributed by atoms with E-state index in [1.165, 1.54) is 0 Å². The second-order valence-corrected chi connectivity index (χ2v) is 5.39. The summed E-state index contributed by atoms with van der Waals surface area (Å²) in [4.78, 5) is 12.5. The highest BCUT2D eigenvalue weighted by Gasteiger charge is 2.24. The Morgan fingerprint density at radius 2 is 2.38 bits per heavy atom. The normalized spacial score (nSPS) is 18.7. The van der Waals surface area contributed by atoms with Gasteiger partial charge in [0, 0.05) is 24.1 Å². The zero-order chi connectivity index (χ0) is 15.2. The first kappa shape index (κ1) is 15.6. The van der Waals surface area contributed by atoms with Gasteiger partial charge < -0.3 is 15.2 Å². The summed E-state index contributed by atoms with van der Waals surface area (Å²) in [5.41, 5.74) is 2.20. The minimum Gasteiger partial charge on any atom is -0.384 e. The molecule has 1 heterocycles. The van der Waals surface area contributed by atoms with Gasteiger partial charge in [-0.25, -0.2) is 0 Å². The van der Waals surface area contributed by atoms with E-state index in [9.17, 15) is 4.79 Å². The minimum absolute atomic E-state index is 0.0687.